The fraction of sp³-hybridized carbons (Fsp3) is 0.333. The van der Waals surface area contributed by atoms with Gasteiger partial charge >= 0.3 is 0 Å². The van der Waals surface area contributed by atoms with E-state index < -0.39 is 0 Å². The summed E-state index contributed by atoms with van der Waals surface area (Å²) >= 11 is 1.61. The second-order valence-corrected chi connectivity index (χ2v) is 6.39. The van der Waals surface area contributed by atoms with Crippen LogP contribution in [0.5, 0.6) is 0 Å². The average molecular weight is 328 g/mol. The zero-order chi connectivity index (χ0) is 15.8. The molecule has 0 aliphatic carbocycles. The van der Waals surface area contributed by atoms with E-state index in [1.54, 1.807) is 11.3 Å². The molecule has 1 aliphatic rings. The number of carbonyl (C=O) groups is 1. The van der Waals surface area contributed by atoms with E-state index in [4.69, 9.17) is 0 Å². The van der Waals surface area contributed by atoms with Gasteiger partial charge in [0.05, 0.1) is 11.7 Å². The molecule has 1 amide bonds. The van der Waals surface area contributed by atoms with Crippen LogP contribution in [0.25, 0.3) is 11.3 Å². The summed E-state index contributed by atoms with van der Waals surface area (Å²) in [6, 6.07) is 3.73. The first-order chi connectivity index (χ1) is 11.2. The molecule has 23 heavy (non-hydrogen) atoms. The molecule has 3 aromatic rings. The normalized spacial score (nSPS) is 17.8. The third-order valence-corrected chi connectivity index (χ3v) is 4.73. The molecule has 4 rings (SSSR count). The van der Waals surface area contributed by atoms with Gasteiger partial charge in [0.2, 0.25) is 0 Å². The van der Waals surface area contributed by atoms with E-state index in [9.17, 15) is 4.79 Å². The minimum atomic E-state index is -0.0691. The van der Waals surface area contributed by atoms with E-state index >= 15 is 0 Å². The summed E-state index contributed by atoms with van der Waals surface area (Å²) in [5, 5.41) is 18.2. The lowest BCUT2D eigenvalue weighted by Gasteiger charge is -2.21. The Balaban J connectivity index is 1.58. The van der Waals surface area contributed by atoms with Crippen LogP contribution >= 0.6 is 11.3 Å². The molecule has 4 heterocycles. The second kappa shape index (κ2) is 5.62. The van der Waals surface area contributed by atoms with Gasteiger partial charge in [-0.05, 0) is 37.3 Å². The van der Waals surface area contributed by atoms with Gasteiger partial charge in [0.15, 0.2) is 5.82 Å². The Morgan fingerprint density at radius 2 is 2.30 bits per heavy atom. The molecule has 118 valence electrons. The highest BCUT2D eigenvalue weighted by molar-refractivity contribution is 7.08. The number of H-pyrrole nitrogens is 2. The monoisotopic (exact) mass is 328 g/mol. The summed E-state index contributed by atoms with van der Waals surface area (Å²) in [5.74, 6) is 1.40. The van der Waals surface area contributed by atoms with Crippen molar-refractivity contribution in [2.75, 3.05) is 6.54 Å². The minimum Gasteiger partial charge on any atom is -0.327 e. The molecule has 3 aromatic heterocycles. The van der Waals surface area contributed by atoms with Crippen LogP contribution in [0.15, 0.2) is 22.9 Å². The van der Waals surface area contributed by atoms with Crippen molar-refractivity contribution in [2.45, 2.75) is 25.8 Å². The predicted molar refractivity (Wildman–Crippen MR) is 86.0 cm³/mol. The van der Waals surface area contributed by atoms with Crippen molar-refractivity contribution in [3.8, 4) is 11.3 Å². The van der Waals surface area contributed by atoms with Gasteiger partial charge in [-0.1, -0.05) is 0 Å². The maximum atomic E-state index is 12.8. The number of thiophene rings is 1. The fourth-order valence-corrected chi connectivity index (χ4v) is 3.58. The van der Waals surface area contributed by atoms with Crippen LogP contribution in [0, 0.1) is 6.92 Å². The van der Waals surface area contributed by atoms with Gasteiger partial charge in [-0.15, -0.1) is 0 Å². The van der Waals surface area contributed by atoms with Gasteiger partial charge in [-0.2, -0.15) is 21.5 Å². The van der Waals surface area contributed by atoms with Crippen molar-refractivity contribution in [2.24, 2.45) is 0 Å². The van der Waals surface area contributed by atoms with Gasteiger partial charge in [0.25, 0.3) is 5.91 Å². The average Bonchev–Trinajstić information content (AvgIpc) is 3.31. The lowest BCUT2D eigenvalue weighted by atomic mass is 10.2. The van der Waals surface area contributed by atoms with Gasteiger partial charge < -0.3 is 4.90 Å². The summed E-state index contributed by atoms with van der Waals surface area (Å²) in [6.07, 6.45) is 1.84. The first-order valence-corrected chi connectivity index (χ1v) is 8.44. The quantitative estimate of drug-likeness (QED) is 0.773. The number of rotatable bonds is 3. The van der Waals surface area contributed by atoms with Gasteiger partial charge in [-0.25, -0.2) is 4.98 Å². The Morgan fingerprint density at radius 1 is 1.39 bits per heavy atom. The second-order valence-electron chi connectivity index (χ2n) is 5.61. The highest BCUT2D eigenvalue weighted by Crippen LogP contribution is 2.31. The Kier molecular flexibility index (Phi) is 3.45. The molecular weight excluding hydrogens is 312 g/mol. The third-order valence-electron chi connectivity index (χ3n) is 4.05. The number of hydrogen-bond acceptors (Lipinski definition) is 5. The number of carbonyl (C=O) groups excluding carboxylic acids is 1. The van der Waals surface area contributed by atoms with Crippen molar-refractivity contribution in [1.29, 1.82) is 0 Å². The Morgan fingerprint density at radius 3 is 3.04 bits per heavy atom. The van der Waals surface area contributed by atoms with Crippen molar-refractivity contribution >= 4 is 17.2 Å². The minimum absolute atomic E-state index is 0.0519. The maximum Gasteiger partial charge on any atom is 0.272 e. The molecule has 0 aromatic carbocycles. The molecule has 1 atom stereocenters. The number of aryl methyl sites for hydroxylation is 1. The summed E-state index contributed by atoms with van der Waals surface area (Å²) in [7, 11) is 0. The molecule has 0 bridgehead atoms. The van der Waals surface area contributed by atoms with E-state index in [1.807, 2.05) is 34.7 Å². The molecule has 0 radical (unpaired) electrons. The lowest BCUT2D eigenvalue weighted by Crippen LogP contribution is -2.31. The largest absolute Gasteiger partial charge is 0.327 e. The number of nitrogens with one attached hydrogen (secondary N) is 2. The van der Waals surface area contributed by atoms with Crippen molar-refractivity contribution in [3.63, 3.8) is 0 Å². The van der Waals surface area contributed by atoms with E-state index in [0.717, 1.165) is 29.9 Å². The van der Waals surface area contributed by atoms with Crippen molar-refractivity contribution in [1.82, 2.24) is 30.3 Å². The number of amides is 1. The molecule has 0 unspecified atom stereocenters. The lowest BCUT2D eigenvalue weighted by molar-refractivity contribution is 0.0724. The number of hydrogen-bond donors (Lipinski definition) is 2. The summed E-state index contributed by atoms with van der Waals surface area (Å²) < 4.78 is 0. The van der Waals surface area contributed by atoms with E-state index in [-0.39, 0.29) is 11.9 Å². The van der Waals surface area contributed by atoms with E-state index in [1.165, 1.54) is 0 Å². The molecule has 0 saturated carbocycles. The fourth-order valence-electron chi connectivity index (χ4n) is 2.93. The molecule has 7 nitrogen and oxygen atoms in total. The molecule has 8 heteroatoms. The zero-order valence-corrected chi connectivity index (χ0v) is 13.4. The van der Waals surface area contributed by atoms with E-state index in [2.05, 4.69) is 25.4 Å². The predicted octanol–water partition coefficient (Wildman–Crippen LogP) is 2.54. The van der Waals surface area contributed by atoms with Crippen LogP contribution in [0.4, 0.5) is 0 Å². The first-order valence-electron chi connectivity index (χ1n) is 7.50. The van der Waals surface area contributed by atoms with Crippen LogP contribution in [-0.4, -0.2) is 42.7 Å². The molecular formula is C15H16N6OS. The molecule has 1 fully saturated rings. The summed E-state index contributed by atoms with van der Waals surface area (Å²) in [6.45, 7) is 2.57. The van der Waals surface area contributed by atoms with E-state index in [0.29, 0.717) is 18.1 Å². The molecule has 1 saturated heterocycles. The highest BCUT2D eigenvalue weighted by atomic mass is 32.1. The smallest absolute Gasteiger partial charge is 0.272 e. The van der Waals surface area contributed by atoms with Gasteiger partial charge in [0, 0.05) is 17.5 Å². The van der Waals surface area contributed by atoms with Crippen LogP contribution in [0.3, 0.4) is 0 Å². The van der Waals surface area contributed by atoms with Crippen LogP contribution in [0.2, 0.25) is 0 Å². The van der Waals surface area contributed by atoms with Gasteiger partial charge in [0.1, 0.15) is 11.5 Å². The van der Waals surface area contributed by atoms with Crippen molar-refractivity contribution in [3.05, 3.63) is 40.2 Å². The molecule has 2 N–H and O–H groups in total. The Hall–Kier alpha value is -2.48. The summed E-state index contributed by atoms with van der Waals surface area (Å²) in [4.78, 5) is 19.0. The van der Waals surface area contributed by atoms with Crippen LogP contribution in [-0.2, 0) is 0 Å². The molecule has 0 spiro atoms. The van der Waals surface area contributed by atoms with Gasteiger partial charge in [-0.3, -0.25) is 15.0 Å². The number of aromatic amines is 2. The maximum absolute atomic E-state index is 12.8. The topological polar surface area (TPSA) is 90.6 Å². The standard InChI is InChI=1S/C15H16N6OS/c1-9-16-14(20-17-9)13-3-2-5-21(13)15(22)12-7-11(18-19-12)10-4-6-23-8-10/h4,6-8,13H,2-3,5H2,1H3,(H,18,19)(H,16,17,20)/t13-/m1/s1. The Labute approximate surface area is 136 Å². The highest BCUT2D eigenvalue weighted by Gasteiger charge is 2.33. The number of nitrogens with zero attached hydrogens (tertiary/aromatic N) is 4. The van der Waals surface area contributed by atoms with Crippen LogP contribution in [0.1, 0.15) is 41.0 Å². The third kappa shape index (κ3) is 2.55. The SMILES string of the molecule is Cc1nc([C@H]2CCCN2C(=O)c2cc(-c3ccsc3)n[nH]2)n[nH]1. The summed E-state index contributed by atoms with van der Waals surface area (Å²) in [5.41, 5.74) is 2.32. The number of aromatic nitrogens is 5. The van der Waals surface area contributed by atoms with Crippen molar-refractivity contribution < 1.29 is 4.79 Å². The first kappa shape index (κ1) is 14.1. The zero-order valence-electron chi connectivity index (χ0n) is 12.6. The van der Waals surface area contributed by atoms with Crippen LogP contribution < -0.4 is 0 Å². The Bertz CT molecular complexity index is 821. The number of likely N-dealkylation sites (tertiary alicyclic amines) is 1. The molecule has 1 aliphatic heterocycles.